The van der Waals surface area contributed by atoms with E-state index in [0.717, 1.165) is 58.9 Å². The summed E-state index contributed by atoms with van der Waals surface area (Å²) in [5, 5.41) is 5.36. The van der Waals surface area contributed by atoms with E-state index in [9.17, 15) is 19.2 Å². The Hall–Kier alpha value is -6.78. The number of imidazole rings is 2. The zero-order valence-electron chi connectivity index (χ0n) is 38.1. The van der Waals surface area contributed by atoms with Crippen molar-refractivity contribution in [3.8, 4) is 22.3 Å². The Kier molecular flexibility index (Phi) is 12.5. The summed E-state index contributed by atoms with van der Waals surface area (Å²) in [7, 11) is 2.55. The summed E-state index contributed by atoms with van der Waals surface area (Å²) >= 11 is 0. The third-order valence-electron chi connectivity index (χ3n) is 13.1. The highest BCUT2D eigenvalue weighted by Crippen LogP contribution is 2.36. The second-order valence-electron chi connectivity index (χ2n) is 18.1. The molecule has 4 heterocycles. The smallest absolute Gasteiger partial charge is 0.407 e. The number of ether oxygens (including phenoxy) is 4. The predicted octanol–water partition coefficient (Wildman–Crippen LogP) is 7.13. The number of hydrogen-bond acceptors (Lipinski definition) is 10. The first-order valence-corrected chi connectivity index (χ1v) is 22.6. The van der Waals surface area contributed by atoms with Crippen LogP contribution in [0.2, 0.25) is 0 Å². The van der Waals surface area contributed by atoms with Gasteiger partial charge in [-0.3, -0.25) is 9.59 Å². The van der Waals surface area contributed by atoms with Gasteiger partial charge in [0.1, 0.15) is 49.3 Å². The van der Waals surface area contributed by atoms with Crippen LogP contribution in [0.15, 0.2) is 72.8 Å². The molecule has 6 aromatic rings. The van der Waals surface area contributed by atoms with Gasteiger partial charge in [-0.15, -0.1) is 0 Å². The van der Waals surface area contributed by atoms with Crippen molar-refractivity contribution in [2.24, 2.45) is 11.8 Å². The Balaban J connectivity index is 0.941. The number of carbonyl (C=O) groups is 4. The third-order valence-corrected chi connectivity index (χ3v) is 13.1. The van der Waals surface area contributed by atoms with E-state index in [1.807, 2.05) is 39.8 Å². The minimum Gasteiger partial charge on any atom is -0.453 e. The summed E-state index contributed by atoms with van der Waals surface area (Å²) in [6, 6.07) is 23.8. The lowest BCUT2D eigenvalue weighted by Gasteiger charge is -2.28. The average molecular weight is 897 g/mol. The zero-order valence-corrected chi connectivity index (χ0v) is 38.1. The molecule has 0 unspecified atom stereocenters. The number of amides is 4. The predicted molar refractivity (Wildman–Crippen MR) is 247 cm³/mol. The van der Waals surface area contributed by atoms with Gasteiger partial charge in [0.05, 0.1) is 49.5 Å². The molecule has 4 N–H and O–H groups in total. The maximum absolute atomic E-state index is 13.7. The largest absolute Gasteiger partial charge is 0.453 e. The fourth-order valence-corrected chi connectivity index (χ4v) is 9.33. The van der Waals surface area contributed by atoms with E-state index in [1.165, 1.54) is 47.6 Å². The summed E-state index contributed by atoms with van der Waals surface area (Å²) in [5.41, 5.74) is 12.8. The Labute approximate surface area is 382 Å². The molecule has 4 bridgehead atoms. The average Bonchev–Trinajstić information content (AvgIpc) is 4.15. The van der Waals surface area contributed by atoms with Crippen LogP contribution in [0, 0.1) is 11.8 Å². The first-order chi connectivity index (χ1) is 31.9. The van der Waals surface area contributed by atoms with E-state index < -0.39 is 36.4 Å². The molecule has 16 heteroatoms. The number of nitrogens with one attached hydrogen (secondary N) is 4. The lowest BCUT2D eigenvalue weighted by molar-refractivity contribution is -0.137. The van der Waals surface area contributed by atoms with Crippen LogP contribution in [0.3, 0.4) is 0 Å². The van der Waals surface area contributed by atoms with Crippen LogP contribution in [-0.2, 0) is 54.2 Å². The molecule has 16 nitrogen and oxygen atoms in total. The van der Waals surface area contributed by atoms with Crippen LogP contribution in [0.5, 0.6) is 0 Å². The standard InChI is InChI=1S/C50H56N8O8/c1-27(2)43(55-49(61)63-5)47(59)57-25-65-23-41(57)45-51-37-17-15-33(21-39(37)53-45)35-19-29-7-11-31(35)13-9-30-8-12-32(14-10-29)36(20-30)34-16-18-38-40(22-34)54-46(52-38)42-24-66-26-58(42)48(60)44(28(3)4)56-50(62)64-6/h7-8,11-12,15-22,27-28,41-44H,9-10,13-14,23-26H2,1-6H3,(H,51,53)(H,52,54)(H,55,61)(H,56,62)/t41-,42-,43-,44-/m0/s1. The van der Waals surface area contributed by atoms with Gasteiger partial charge in [-0.25, -0.2) is 19.6 Å². The van der Waals surface area contributed by atoms with Gasteiger partial charge in [0.25, 0.3) is 0 Å². The quantitative estimate of drug-likeness (QED) is 0.110. The Bertz CT molecular complexity index is 2630. The number of nitrogens with zero attached hydrogens (tertiary/aromatic N) is 4. The molecule has 2 fully saturated rings. The highest BCUT2D eigenvalue weighted by molar-refractivity contribution is 5.88. The molecule has 12 rings (SSSR count). The molecule has 0 radical (unpaired) electrons. The number of aromatic amines is 2. The van der Waals surface area contributed by atoms with Gasteiger partial charge in [-0.2, -0.15) is 0 Å². The molecule has 2 aromatic heterocycles. The van der Waals surface area contributed by atoms with Gasteiger partial charge >= 0.3 is 12.2 Å². The molecular formula is C50H56N8O8. The molecule has 2 saturated heterocycles. The van der Waals surface area contributed by atoms with Crippen LogP contribution in [0.25, 0.3) is 44.3 Å². The maximum atomic E-state index is 13.7. The number of aromatic nitrogens is 4. The zero-order chi connectivity index (χ0) is 46.2. The van der Waals surface area contributed by atoms with E-state index in [1.54, 1.807) is 9.80 Å². The lowest BCUT2D eigenvalue weighted by atomic mass is 9.87. The molecule has 4 aromatic carbocycles. The van der Waals surface area contributed by atoms with Crippen molar-refractivity contribution >= 4 is 46.1 Å². The van der Waals surface area contributed by atoms with E-state index in [4.69, 9.17) is 28.9 Å². The molecule has 344 valence electrons. The van der Waals surface area contributed by atoms with E-state index in [0.29, 0.717) is 11.6 Å². The fourth-order valence-electron chi connectivity index (χ4n) is 9.33. The number of aryl methyl sites for hydroxylation is 4. The van der Waals surface area contributed by atoms with Crippen molar-refractivity contribution in [2.45, 2.75) is 77.5 Å². The Morgan fingerprint density at radius 1 is 0.606 bits per heavy atom. The second kappa shape index (κ2) is 18.6. The molecule has 0 saturated carbocycles. The lowest BCUT2D eigenvalue weighted by Crippen LogP contribution is -2.51. The summed E-state index contributed by atoms with van der Waals surface area (Å²) in [4.78, 5) is 71.6. The van der Waals surface area contributed by atoms with Crippen molar-refractivity contribution in [1.29, 1.82) is 0 Å². The Morgan fingerprint density at radius 3 is 1.42 bits per heavy atom. The molecule has 0 spiro atoms. The van der Waals surface area contributed by atoms with Gasteiger partial charge in [-0.1, -0.05) is 76.2 Å². The van der Waals surface area contributed by atoms with Gasteiger partial charge in [0.2, 0.25) is 11.8 Å². The van der Waals surface area contributed by atoms with Crippen LogP contribution in [0.4, 0.5) is 9.59 Å². The van der Waals surface area contributed by atoms with E-state index >= 15 is 0 Å². The normalized spacial score (nSPS) is 18.2. The van der Waals surface area contributed by atoms with Crippen molar-refractivity contribution in [3.05, 3.63) is 107 Å². The topological polar surface area (TPSA) is 193 Å². The van der Waals surface area contributed by atoms with E-state index in [2.05, 4.69) is 81.3 Å². The number of hydrogen-bond donors (Lipinski definition) is 4. The fraction of sp³-hybridized carbons (Fsp3) is 0.400. The minimum atomic E-state index is -0.775. The molecule has 4 amide bonds. The van der Waals surface area contributed by atoms with Crippen LogP contribution in [-0.4, -0.2) is 107 Å². The van der Waals surface area contributed by atoms with Crippen molar-refractivity contribution in [2.75, 3.05) is 40.9 Å². The van der Waals surface area contributed by atoms with E-state index in [-0.39, 0.29) is 50.3 Å². The van der Waals surface area contributed by atoms with Crippen LogP contribution < -0.4 is 10.6 Å². The first-order valence-electron chi connectivity index (χ1n) is 22.6. The number of fused-ring (bicyclic) bond motifs is 2. The number of methoxy groups -OCH3 is 2. The first kappa shape index (κ1) is 44.4. The van der Waals surface area contributed by atoms with Gasteiger partial charge in [0, 0.05) is 0 Å². The molecule has 6 aliphatic rings. The minimum absolute atomic E-state index is 0.0954. The molecule has 4 aliphatic carbocycles. The maximum Gasteiger partial charge on any atom is 0.407 e. The number of rotatable bonds is 10. The number of carbonyl (C=O) groups excluding carboxylic acids is 4. The molecule has 2 aliphatic heterocycles. The Morgan fingerprint density at radius 2 is 1.03 bits per heavy atom. The van der Waals surface area contributed by atoms with Crippen molar-refractivity contribution in [3.63, 3.8) is 0 Å². The van der Waals surface area contributed by atoms with Gasteiger partial charge < -0.3 is 49.3 Å². The van der Waals surface area contributed by atoms with Gasteiger partial charge in [0.15, 0.2) is 0 Å². The molecular weight excluding hydrogens is 841 g/mol. The highest BCUT2D eigenvalue weighted by Gasteiger charge is 2.40. The van der Waals surface area contributed by atoms with Crippen LogP contribution >= 0.6 is 0 Å². The van der Waals surface area contributed by atoms with Crippen molar-refractivity contribution in [1.82, 2.24) is 40.4 Å². The second-order valence-corrected chi connectivity index (χ2v) is 18.1. The van der Waals surface area contributed by atoms with Crippen LogP contribution in [0.1, 0.15) is 73.7 Å². The monoisotopic (exact) mass is 896 g/mol. The summed E-state index contributed by atoms with van der Waals surface area (Å²) < 4.78 is 21.1. The van der Waals surface area contributed by atoms with Gasteiger partial charge in [-0.05, 0) is 106 Å². The number of benzene rings is 4. The SMILES string of the molecule is COC(=O)N[C@H](C(=O)N1COC[C@H]1c1nc2ccc(-c3cc4ccc3CCc3ccc(c(-c5ccc6nc([C@@H]7COCN7C(=O)[C@@H](NC(=O)OC)C(C)C)[nH]c6c5)c3)CC4)cc2[nH]1)C(C)C. The third kappa shape index (κ3) is 8.82. The molecule has 4 atom stereocenters. The highest BCUT2D eigenvalue weighted by atomic mass is 16.5. The van der Waals surface area contributed by atoms with Crippen molar-refractivity contribution < 1.29 is 38.1 Å². The number of H-pyrrole nitrogens is 2. The molecule has 66 heavy (non-hydrogen) atoms. The summed E-state index contributed by atoms with van der Waals surface area (Å²) in [6.45, 7) is 8.26. The number of alkyl carbamates (subject to hydrolysis) is 2. The summed E-state index contributed by atoms with van der Waals surface area (Å²) in [5.74, 6) is 0.413. The summed E-state index contributed by atoms with van der Waals surface area (Å²) in [6.07, 6.45) is 2.03.